The lowest BCUT2D eigenvalue weighted by atomic mass is 10.1. The van der Waals surface area contributed by atoms with Gasteiger partial charge in [0.25, 0.3) is 19.4 Å². The lowest BCUT2D eigenvalue weighted by molar-refractivity contribution is -0.124. The summed E-state index contributed by atoms with van der Waals surface area (Å²) in [6.45, 7) is 0.994. The minimum absolute atomic E-state index is 0.286. The number of carbonyl (C=O) groups is 3. The van der Waals surface area contributed by atoms with Crippen LogP contribution in [0.1, 0.15) is 11.1 Å². The maximum atomic E-state index is 11.0. The van der Waals surface area contributed by atoms with Crippen molar-refractivity contribution in [2.24, 2.45) is 0 Å². The van der Waals surface area contributed by atoms with Crippen molar-refractivity contribution in [3.05, 3.63) is 96.7 Å². The SMILES string of the molecule is O=CO/C=C/C=C/c1ccnc(-c2cc(OC=O)cc(-c3cc(/C=C/C=C/OC=O)ccn3)n2)c1. The van der Waals surface area contributed by atoms with Crippen LogP contribution >= 0.6 is 0 Å². The third-order valence-electron chi connectivity index (χ3n) is 4.30. The van der Waals surface area contributed by atoms with E-state index in [-0.39, 0.29) is 5.75 Å². The molecule has 0 fully saturated rings. The molecule has 3 heterocycles. The molecular formula is C26H19N3O6. The molecule has 0 amide bonds. The van der Waals surface area contributed by atoms with Gasteiger partial charge in [-0.1, -0.05) is 24.3 Å². The molecule has 0 unspecified atom stereocenters. The van der Waals surface area contributed by atoms with Gasteiger partial charge in [-0.15, -0.1) is 0 Å². The van der Waals surface area contributed by atoms with Gasteiger partial charge in [0, 0.05) is 24.5 Å². The number of hydrogen-bond donors (Lipinski definition) is 0. The second-order valence-electron chi connectivity index (χ2n) is 6.58. The molecule has 9 heteroatoms. The number of nitrogens with zero attached hydrogens (tertiary/aromatic N) is 3. The van der Waals surface area contributed by atoms with E-state index in [1.807, 2.05) is 12.1 Å². The van der Waals surface area contributed by atoms with Crippen LogP contribution in [0.2, 0.25) is 0 Å². The van der Waals surface area contributed by atoms with E-state index in [0.29, 0.717) is 42.2 Å². The summed E-state index contributed by atoms with van der Waals surface area (Å²) in [7, 11) is 0. The first kappa shape index (κ1) is 24.5. The van der Waals surface area contributed by atoms with Crippen molar-refractivity contribution in [1.82, 2.24) is 15.0 Å². The van der Waals surface area contributed by atoms with Gasteiger partial charge in [-0.2, -0.15) is 0 Å². The zero-order valence-corrected chi connectivity index (χ0v) is 18.3. The van der Waals surface area contributed by atoms with Crippen LogP contribution in [-0.2, 0) is 23.9 Å². The van der Waals surface area contributed by atoms with Gasteiger partial charge in [0.2, 0.25) is 0 Å². The Bertz CT molecular complexity index is 1210. The minimum atomic E-state index is 0.286. The first-order valence-corrected chi connectivity index (χ1v) is 10.1. The Morgan fingerprint density at radius 2 is 1.11 bits per heavy atom. The van der Waals surface area contributed by atoms with E-state index in [4.69, 9.17) is 4.74 Å². The molecule has 0 aliphatic rings. The van der Waals surface area contributed by atoms with Crippen LogP contribution in [0.15, 0.2) is 85.6 Å². The van der Waals surface area contributed by atoms with Crippen LogP contribution in [0.3, 0.4) is 0 Å². The monoisotopic (exact) mass is 469 g/mol. The molecule has 0 radical (unpaired) electrons. The summed E-state index contributed by atoms with van der Waals surface area (Å²) in [6, 6.07) is 10.4. The number of pyridine rings is 3. The molecule has 0 aliphatic carbocycles. The number of aromatic nitrogens is 3. The Kier molecular flexibility index (Phi) is 9.36. The van der Waals surface area contributed by atoms with Crippen LogP contribution in [0, 0.1) is 0 Å². The molecule has 3 aromatic rings. The fourth-order valence-corrected chi connectivity index (χ4v) is 2.85. The standard InChI is InChI=1S/C26H19N3O6/c30-17-33-11-3-1-5-20-7-9-27-23(13-20)25-15-22(35-19-32)16-26(29-25)24-14-21(8-10-28-24)6-2-4-12-34-18-31/h1-19H/b5-1+,6-2+,11-3+,12-4+. The topological polar surface area (TPSA) is 118 Å². The smallest absolute Gasteiger partial charge is 0.298 e. The zero-order chi connectivity index (χ0) is 24.7. The molecule has 0 aromatic carbocycles. The summed E-state index contributed by atoms with van der Waals surface area (Å²) < 4.78 is 14.1. The molecule has 0 N–H and O–H groups in total. The molecule has 3 rings (SSSR count). The first-order chi connectivity index (χ1) is 17.2. The summed E-state index contributed by atoms with van der Waals surface area (Å²) in [4.78, 5) is 44.8. The Morgan fingerprint density at radius 3 is 1.57 bits per heavy atom. The highest BCUT2D eigenvalue weighted by Gasteiger charge is 2.11. The summed E-state index contributed by atoms with van der Waals surface area (Å²) in [6.07, 6.45) is 15.9. The van der Waals surface area contributed by atoms with Gasteiger partial charge in [0.15, 0.2) is 0 Å². The van der Waals surface area contributed by atoms with Gasteiger partial charge in [0.05, 0.1) is 35.3 Å². The van der Waals surface area contributed by atoms with Crippen LogP contribution < -0.4 is 4.74 Å². The Labute approximate surface area is 200 Å². The predicted octanol–water partition coefficient (Wildman–Crippen LogP) is 4.14. The van der Waals surface area contributed by atoms with E-state index >= 15 is 0 Å². The lowest BCUT2D eigenvalue weighted by Crippen LogP contribution is -1.96. The van der Waals surface area contributed by atoms with Crippen molar-refractivity contribution < 1.29 is 28.6 Å². The summed E-state index contributed by atoms with van der Waals surface area (Å²) >= 11 is 0. The second-order valence-corrected chi connectivity index (χ2v) is 6.58. The lowest BCUT2D eigenvalue weighted by Gasteiger charge is -2.08. The third-order valence-corrected chi connectivity index (χ3v) is 4.30. The van der Waals surface area contributed by atoms with Gasteiger partial charge >= 0.3 is 0 Å². The highest BCUT2D eigenvalue weighted by atomic mass is 16.5. The molecule has 35 heavy (non-hydrogen) atoms. The van der Waals surface area contributed by atoms with E-state index in [9.17, 15) is 14.4 Å². The minimum Gasteiger partial charge on any atom is -0.437 e. The van der Waals surface area contributed by atoms with Crippen molar-refractivity contribution in [2.45, 2.75) is 0 Å². The third kappa shape index (κ3) is 7.72. The fraction of sp³-hybridized carbons (Fsp3) is 0. The van der Waals surface area contributed by atoms with Crippen molar-refractivity contribution in [3.8, 4) is 28.5 Å². The van der Waals surface area contributed by atoms with Crippen LogP contribution in [0.4, 0.5) is 0 Å². The molecule has 0 bridgehead atoms. The number of allylic oxidation sites excluding steroid dienone is 4. The average molecular weight is 469 g/mol. The number of hydrogen-bond acceptors (Lipinski definition) is 9. The van der Waals surface area contributed by atoms with Crippen molar-refractivity contribution in [1.29, 1.82) is 0 Å². The Morgan fingerprint density at radius 1 is 0.600 bits per heavy atom. The molecule has 0 spiro atoms. The van der Waals surface area contributed by atoms with Gasteiger partial charge in [-0.3, -0.25) is 24.4 Å². The molecule has 0 saturated carbocycles. The maximum Gasteiger partial charge on any atom is 0.298 e. The maximum absolute atomic E-state index is 11.0. The number of ether oxygens (including phenoxy) is 3. The van der Waals surface area contributed by atoms with E-state index in [2.05, 4.69) is 24.4 Å². The van der Waals surface area contributed by atoms with Crippen LogP contribution in [0.5, 0.6) is 5.75 Å². The highest BCUT2D eigenvalue weighted by molar-refractivity contribution is 5.69. The molecular weight excluding hydrogens is 450 g/mol. The van der Waals surface area contributed by atoms with E-state index < -0.39 is 0 Å². The van der Waals surface area contributed by atoms with Gasteiger partial charge in [-0.05, 0) is 47.5 Å². The predicted molar refractivity (Wildman–Crippen MR) is 128 cm³/mol. The average Bonchev–Trinajstić information content (AvgIpc) is 2.89. The van der Waals surface area contributed by atoms with E-state index in [1.54, 1.807) is 73.1 Å². The van der Waals surface area contributed by atoms with Crippen molar-refractivity contribution in [3.63, 3.8) is 0 Å². The first-order valence-electron chi connectivity index (χ1n) is 10.1. The molecule has 3 aromatic heterocycles. The molecule has 0 saturated heterocycles. The summed E-state index contributed by atoms with van der Waals surface area (Å²) in [5.41, 5.74) is 3.71. The summed E-state index contributed by atoms with van der Waals surface area (Å²) in [5.74, 6) is 0.286. The molecule has 9 nitrogen and oxygen atoms in total. The molecule has 0 aliphatic heterocycles. The Hall–Kier alpha value is -5.18. The Balaban J connectivity index is 1.93. The van der Waals surface area contributed by atoms with E-state index in [1.165, 1.54) is 12.5 Å². The van der Waals surface area contributed by atoms with Crippen molar-refractivity contribution >= 4 is 31.6 Å². The van der Waals surface area contributed by atoms with Gasteiger partial charge in [-0.25, -0.2) is 4.98 Å². The number of carbonyl (C=O) groups excluding carboxylic acids is 3. The summed E-state index contributed by atoms with van der Waals surface area (Å²) in [5, 5.41) is 0. The van der Waals surface area contributed by atoms with Crippen molar-refractivity contribution in [2.75, 3.05) is 0 Å². The quantitative estimate of drug-likeness (QED) is 0.219. The second kappa shape index (κ2) is 13.4. The zero-order valence-electron chi connectivity index (χ0n) is 18.3. The van der Waals surface area contributed by atoms with Gasteiger partial charge < -0.3 is 14.2 Å². The fourth-order valence-electron chi connectivity index (χ4n) is 2.85. The number of rotatable bonds is 12. The normalized spacial score (nSPS) is 11.3. The van der Waals surface area contributed by atoms with Crippen LogP contribution in [0.25, 0.3) is 34.9 Å². The highest BCUT2D eigenvalue weighted by Crippen LogP contribution is 2.27. The van der Waals surface area contributed by atoms with Crippen LogP contribution in [-0.4, -0.2) is 34.4 Å². The molecule has 0 atom stereocenters. The van der Waals surface area contributed by atoms with E-state index in [0.717, 1.165) is 11.1 Å². The largest absolute Gasteiger partial charge is 0.437 e. The van der Waals surface area contributed by atoms with Gasteiger partial charge in [0.1, 0.15) is 5.75 Å². The molecule has 174 valence electrons.